The molecule has 1 fully saturated rings. The number of carbonyl (C=O) groups excluding carboxylic acids is 3. The van der Waals surface area contributed by atoms with Crippen LogP contribution in [0, 0.1) is 13.8 Å². The number of thioether (sulfide) groups is 1. The lowest BCUT2D eigenvalue weighted by molar-refractivity contribution is -0.144. The zero-order chi connectivity index (χ0) is 25.0. The number of nitrogens with zero attached hydrogens (tertiary/aromatic N) is 1. The third-order valence-corrected chi connectivity index (χ3v) is 5.90. The molecule has 0 spiro atoms. The van der Waals surface area contributed by atoms with Crippen LogP contribution in [0.3, 0.4) is 0 Å². The minimum Gasteiger partial charge on any atom is -0.493 e. The molecule has 10 heteroatoms. The number of benzene rings is 2. The Bertz CT molecular complexity index is 1190. The van der Waals surface area contributed by atoms with Gasteiger partial charge >= 0.3 is 5.97 Å². The first kappa shape index (κ1) is 24.8. The number of carboxylic acids is 1. The highest BCUT2D eigenvalue weighted by Crippen LogP contribution is 2.37. The number of amides is 3. The molecule has 0 aliphatic carbocycles. The first-order valence-electron chi connectivity index (χ1n) is 10.3. The van der Waals surface area contributed by atoms with E-state index in [0.29, 0.717) is 23.0 Å². The quantitative estimate of drug-likeness (QED) is 0.542. The van der Waals surface area contributed by atoms with Crippen molar-refractivity contribution in [3.05, 3.63) is 58.0 Å². The molecule has 9 nitrogen and oxygen atoms in total. The van der Waals surface area contributed by atoms with E-state index in [1.54, 1.807) is 24.3 Å². The number of carboxylic acid groups (broad SMARTS) is 1. The maximum atomic E-state index is 12.9. The van der Waals surface area contributed by atoms with Gasteiger partial charge in [0.25, 0.3) is 11.1 Å². The lowest BCUT2D eigenvalue weighted by Gasteiger charge is -2.16. The van der Waals surface area contributed by atoms with E-state index in [1.165, 1.54) is 20.1 Å². The molecule has 1 saturated heterocycles. The van der Waals surface area contributed by atoms with Crippen LogP contribution in [-0.4, -0.2) is 52.8 Å². The summed E-state index contributed by atoms with van der Waals surface area (Å²) < 4.78 is 10.8. The highest BCUT2D eigenvalue weighted by atomic mass is 32.2. The monoisotopic (exact) mass is 484 g/mol. The number of anilines is 1. The largest absolute Gasteiger partial charge is 0.493 e. The fraction of sp³-hybridized carbons (Fsp3) is 0.250. The lowest BCUT2D eigenvalue weighted by Crippen LogP contribution is -2.36. The summed E-state index contributed by atoms with van der Waals surface area (Å²) in [5.41, 5.74) is 2.87. The molecular weight excluding hydrogens is 460 g/mol. The maximum absolute atomic E-state index is 12.9. The SMILES string of the molecule is COc1cccc(/C=C2\SC(=O)N(CC(=O)Nc3ccc(C)cc3C)C2=O)c1O[C@H](C)C(=O)O. The van der Waals surface area contributed by atoms with Gasteiger partial charge in [0.1, 0.15) is 6.54 Å². The average molecular weight is 485 g/mol. The fourth-order valence-corrected chi connectivity index (χ4v) is 4.05. The summed E-state index contributed by atoms with van der Waals surface area (Å²) >= 11 is 0.683. The second kappa shape index (κ2) is 10.4. The van der Waals surface area contributed by atoms with Crippen molar-refractivity contribution in [2.24, 2.45) is 0 Å². The number of imide groups is 1. The van der Waals surface area contributed by atoms with E-state index in [-0.39, 0.29) is 16.4 Å². The average Bonchev–Trinajstić information content (AvgIpc) is 3.04. The molecule has 0 saturated carbocycles. The number of rotatable bonds is 8. The highest BCUT2D eigenvalue weighted by molar-refractivity contribution is 8.18. The second-order valence-electron chi connectivity index (χ2n) is 7.61. The van der Waals surface area contributed by atoms with Gasteiger partial charge in [0.15, 0.2) is 17.6 Å². The molecule has 2 aromatic rings. The van der Waals surface area contributed by atoms with Gasteiger partial charge in [-0.05, 0) is 56.3 Å². The van der Waals surface area contributed by atoms with Gasteiger partial charge in [0.2, 0.25) is 5.91 Å². The summed E-state index contributed by atoms with van der Waals surface area (Å²) in [6, 6.07) is 10.4. The summed E-state index contributed by atoms with van der Waals surface area (Å²) in [7, 11) is 1.40. The Labute approximate surface area is 200 Å². The number of hydrogen-bond acceptors (Lipinski definition) is 7. The number of aliphatic carboxylic acids is 1. The third-order valence-electron chi connectivity index (χ3n) is 4.99. The van der Waals surface area contributed by atoms with Crippen molar-refractivity contribution in [2.45, 2.75) is 26.9 Å². The van der Waals surface area contributed by atoms with E-state index < -0.39 is 35.7 Å². The number of nitrogens with one attached hydrogen (secondary N) is 1. The molecule has 1 heterocycles. The molecule has 0 bridgehead atoms. The van der Waals surface area contributed by atoms with Crippen LogP contribution in [0.25, 0.3) is 6.08 Å². The van der Waals surface area contributed by atoms with Gasteiger partial charge in [0, 0.05) is 11.3 Å². The van der Waals surface area contributed by atoms with E-state index in [2.05, 4.69) is 5.32 Å². The Morgan fingerprint density at radius 2 is 1.94 bits per heavy atom. The van der Waals surface area contributed by atoms with Crippen molar-refractivity contribution in [1.29, 1.82) is 0 Å². The van der Waals surface area contributed by atoms with Crippen molar-refractivity contribution < 1.29 is 33.8 Å². The summed E-state index contributed by atoms with van der Waals surface area (Å²) in [6.07, 6.45) is 0.242. The maximum Gasteiger partial charge on any atom is 0.344 e. The molecule has 1 atom stereocenters. The molecule has 34 heavy (non-hydrogen) atoms. The minimum atomic E-state index is -1.17. The molecule has 1 aliphatic heterocycles. The molecule has 0 radical (unpaired) electrons. The van der Waals surface area contributed by atoms with E-state index in [4.69, 9.17) is 9.47 Å². The van der Waals surface area contributed by atoms with E-state index in [9.17, 15) is 24.3 Å². The molecule has 3 rings (SSSR count). The first-order valence-corrected chi connectivity index (χ1v) is 11.1. The van der Waals surface area contributed by atoms with Crippen molar-refractivity contribution in [2.75, 3.05) is 19.0 Å². The molecule has 0 aromatic heterocycles. The van der Waals surface area contributed by atoms with Gasteiger partial charge in [-0.1, -0.05) is 29.8 Å². The third kappa shape index (κ3) is 5.57. The molecule has 2 N–H and O–H groups in total. The van der Waals surface area contributed by atoms with Crippen LogP contribution in [0.15, 0.2) is 41.3 Å². The van der Waals surface area contributed by atoms with Gasteiger partial charge in [-0.25, -0.2) is 4.79 Å². The van der Waals surface area contributed by atoms with E-state index in [0.717, 1.165) is 16.0 Å². The molecule has 178 valence electrons. The smallest absolute Gasteiger partial charge is 0.344 e. The van der Waals surface area contributed by atoms with Gasteiger partial charge in [-0.2, -0.15) is 0 Å². The molecule has 3 amide bonds. The number of aryl methyl sites for hydroxylation is 2. The van der Waals surface area contributed by atoms with Gasteiger partial charge < -0.3 is 19.9 Å². The van der Waals surface area contributed by atoms with Crippen LogP contribution in [-0.2, 0) is 14.4 Å². The Morgan fingerprint density at radius 1 is 1.21 bits per heavy atom. The van der Waals surface area contributed by atoms with Crippen molar-refractivity contribution >= 4 is 46.5 Å². The van der Waals surface area contributed by atoms with Crippen LogP contribution in [0.4, 0.5) is 10.5 Å². The fourth-order valence-electron chi connectivity index (χ4n) is 3.23. The standard InChI is InChI=1S/C24H24N2O7S/c1-13-8-9-17(14(2)10-13)25-20(27)12-26-22(28)19(34-24(26)31)11-16-6-5-7-18(32-4)21(16)33-15(3)23(29)30/h5-11,15H,12H2,1-4H3,(H,25,27)(H,29,30)/b19-11-/t15-/m1/s1. The normalized spacial score (nSPS) is 15.4. The van der Waals surface area contributed by atoms with Crippen LogP contribution in [0.2, 0.25) is 0 Å². The number of para-hydroxylation sites is 1. The van der Waals surface area contributed by atoms with Crippen molar-refractivity contribution in [3.8, 4) is 11.5 Å². The molecular formula is C24H24N2O7S. The molecule has 1 aliphatic rings. The zero-order valence-corrected chi connectivity index (χ0v) is 19.9. The van der Waals surface area contributed by atoms with E-state index in [1.807, 2.05) is 26.0 Å². The van der Waals surface area contributed by atoms with Crippen LogP contribution >= 0.6 is 11.8 Å². The Balaban J connectivity index is 1.81. The Hall–Kier alpha value is -3.79. The summed E-state index contributed by atoms with van der Waals surface area (Å²) in [5, 5.41) is 11.3. The number of hydrogen-bond donors (Lipinski definition) is 2. The molecule has 0 unspecified atom stereocenters. The number of carbonyl (C=O) groups is 4. The Morgan fingerprint density at radius 3 is 2.59 bits per heavy atom. The van der Waals surface area contributed by atoms with Gasteiger partial charge in [-0.15, -0.1) is 0 Å². The topological polar surface area (TPSA) is 122 Å². The number of methoxy groups -OCH3 is 1. The van der Waals surface area contributed by atoms with Gasteiger partial charge in [0.05, 0.1) is 12.0 Å². The highest BCUT2D eigenvalue weighted by Gasteiger charge is 2.36. The van der Waals surface area contributed by atoms with E-state index >= 15 is 0 Å². The first-order chi connectivity index (χ1) is 16.1. The minimum absolute atomic E-state index is 0.0744. The molecule has 2 aromatic carbocycles. The predicted octanol–water partition coefficient (Wildman–Crippen LogP) is 3.84. The van der Waals surface area contributed by atoms with Crippen LogP contribution in [0.1, 0.15) is 23.6 Å². The summed E-state index contributed by atoms with van der Waals surface area (Å²) in [5.74, 6) is -1.91. The predicted molar refractivity (Wildman–Crippen MR) is 128 cm³/mol. The summed E-state index contributed by atoms with van der Waals surface area (Å²) in [4.78, 5) is 50.0. The summed E-state index contributed by atoms with van der Waals surface area (Å²) in [6.45, 7) is 4.71. The number of ether oxygens (including phenoxy) is 2. The van der Waals surface area contributed by atoms with Gasteiger partial charge in [-0.3, -0.25) is 19.3 Å². The van der Waals surface area contributed by atoms with Crippen LogP contribution in [0.5, 0.6) is 11.5 Å². The van der Waals surface area contributed by atoms with Crippen molar-refractivity contribution in [3.63, 3.8) is 0 Å². The van der Waals surface area contributed by atoms with Crippen molar-refractivity contribution in [1.82, 2.24) is 4.90 Å². The second-order valence-corrected chi connectivity index (χ2v) is 8.60. The lowest BCUT2D eigenvalue weighted by atomic mass is 10.1. The van der Waals surface area contributed by atoms with Crippen LogP contribution < -0.4 is 14.8 Å². The Kier molecular flexibility index (Phi) is 7.62. The zero-order valence-electron chi connectivity index (χ0n) is 19.1.